The Balaban J connectivity index is 1.69. The van der Waals surface area contributed by atoms with Crippen LogP contribution in [0.5, 0.6) is 0 Å². The normalized spacial score (nSPS) is 22.1. The molecule has 0 aliphatic heterocycles. The van der Waals surface area contributed by atoms with Crippen molar-refractivity contribution < 1.29 is 14.7 Å². The predicted molar refractivity (Wildman–Crippen MR) is 81.1 cm³/mol. The van der Waals surface area contributed by atoms with Crippen molar-refractivity contribution in [2.45, 2.75) is 13.8 Å². The van der Waals surface area contributed by atoms with Crippen LogP contribution in [0.3, 0.4) is 0 Å². The molecule has 6 heteroatoms. The lowest BCUT2D eigenvalue weighted by atomic mass is 10.1. The first-order valence-electron chi connectivity index (χ1n) is 7.04. The van der Waals surface area contributed by atoms with Crippen molar-refractivity contribution in [3.8, 4) is 11.3 Å². The third-order valence-corrected chi connectivity index (χ3v) is 4.34. The van der Waals surface area contributed by atoms with E-state index in [-0.39, 0.29) is 5.91 Å². The first-order chi connectivity index (χ1) is 10.4. The number of benzene rings is 1. The van der Waals surface area contributed by atoms with Gasteiger partial charge in [0, 0.05) is 5.69 Å². The first-order valence-corrected chi connectivity index (χ1v) is 7.04. The average Bonchev–Trinajstić information content (AvgIpc) is 2.84. The number of nitrogens with one attached hydrogen (secondary N) is 2. The Morgan fingerprint density at radius 3 is 2.41 bits per heavy atom. The fourth-order valence-corrected chi connectivity index (χ4v) is 2.95. The van der Waals surface area contributed by atoms with Crippen molar-refractivity contribution in [3.05, 3.63) is 36.8 Å². The van der Waals surface area contributed by atoms with Gasteiger partial charge in [0.25, 0.3) is 0 Å². The third-order valence-electron chi connectivity index (χ3n) is 4.34. The molecule has 1 heterocycles. The number of anilines is 1. The maximum atomic E-state index is 12.2. The quantitative estimate of drug-likeness (QED) is 0.807. The molecule has 2 aromatic rings. The number of aliphatic carboxylic acids is 1. The third kappa shape index (κ3) is 2.36. The lowest BCUT2D eigenvalue weighted by molar-refractivity contribution is -0.140. The fraction of sp³-hybridized carbons (Fsp3) is 0.312. The van der Waals surface area contributed by atoms with Crippen LogP contribution in [-0.2, 0) is 9.59 Å². The highest BCUT2D eigenvalue weighted by Crippen LogP contribution is 2.58. The number of aromatic nitrogens is 2. The molecular formula is C16H17N3O3. The highest BCUT2D eigenvalue weighted by Gasteiger charge is 2.65. The van der Waals surface area contributed by atoms with Gasteiger partial charge in [0.2, 0.25) is 5.91 Å². The molecule has 0 radical (unpaired) electrons. The van der Waals surface area contributed by atoms with Crippen LogP contribution in [0, 0.1) is 17.3 Å². The summed E-state index contributed by atoms with van der Waals surface area (Å²) in [7, 11) is 0. The van der Waals surface area contributed by atoms with Crippen molar-refractivity contribution >= 4 is 17.6 Å². The Bertz CT molecular complexity index is 705. The SMILES string of the molecule is CC1(C)[C@H](C(=O)O)[C@@H]1C(=O)Nc1ccc(-c2cnc[nH]2)cc1. The maximum Gasteiger partial charge on any atom is 0.307 e. The number of aromatic amines is 1. The van der Waals surface area contributed by atoms with Crippen LogP contribution in [0.4, 0.5) is 5.69 Å². The van der Waals surface area contributed by atoms with Crippen LogP contribution in [0.2, 0.25) is 0 Å². The summed E-state index contributed by atoms with van der Waals surface area (Å²) in [5.74, 6) is -2.26. The van der Waals surface area contributed by atoms with Gasteiger partial charge < -0.3 is 15.4 Å². The molecule has 114 valence electrons. The molecule has 1 aromatic heterocycles. The molecule has 0 bridgehead atoms. The largest absolute Gasteiger partial charge is 0.481 e. The van der Waals surface area contributed by atoms with Crippen LogP contribution in [-0.4, -0.2) is 27.0 Å². The highest BCUT2D eigenvalue weighted by atomic mass is 16.4. The summed E-state index contributed by atoms with van der Waals surface area (Å²) in [6.45, 7) is 3.61. The zero-order chi connectivity index (χ0) is 15.9. The Morgan fingerprint density at radius 1 is 1.23 bits per heavy atom. The first kappa shape index (κ1) is 14.3. The smallest absolute Gasteiger partial charge is 0.307 e. The van der Waals surface area contributed by atoms with Crippen molar-refractivity contribution in [1.82, 2.24) is 9.97 Å². The number of H-pyrrole nitrogens is 1. The molecule has 0 unspecified atom stereocenters. The molecule has 1 saturated carbocycles. The van der Waals surface area contributed by atoms with Crippen LogP contribution >= 0.6 is 0 Å². The lowest BCUT2D eigenvalue weighted by Crippen LogP contribution is -2.17. The monoisotopic (exact) mass is 299 g/mol. The number of amides is 1. The van der Waals surface area contributed by atoms with E-state index >= 15 is 0 Å². The molecule has 1 aromatic carbocycles. The van der Waals surface area contributed by atoms with Gasteiger partial charge in [-0.1, -0.05) is 26.0 Å². The topological polar surface area (TPSA) is 95.1 Å². The number of carboxylic acid groups (broad SMARTS) is 1. The second-order valence-corrected chi connectivity index (χ2v) is 6.15. The molecule has 22 heavy (non-hydrogen) atoms. The molecule has 1 aliphatic rings. The molecule has 0 spiro atoms. The Hall–Kier alpha value is -2.63. The van der Waals surface area contributed by atoms with E-state index in [9.17, 15) is 9.59 Å². The van der Waals surface area contributed by atoms with Crippen LogP contribution in [0.15, 0.2) is 36.8 Å². The number of imidazole rings is 1. The molecule has 0 saturated heterocycles. The second-order valence-electron chi connectivity index (χ2n) is 6.15. The van der Waals surface area contributed by atoms with E-state index in [0.717, 1.165) is 11.3 Å². The molecule has 1 amide bonds. The predicted octanol–water partition coefficient (Wildman–Crippen LogP) is 2.37. The number of carbonyl (C=O) groups is 2. The van der Waals surface area contributed by atoms with Gasteiger partial charge in [-0.25, -0.2) is 4.98 Å². The van der Waals surface area contributed by atoms with Crippen LogP contribution in [0.25, 0.3) is 11.3 Å². The zero-order valence-electron chi connectivity index (χ0n) is 12.3. The van der Waals surface area contributed by atoms with Gasteiger partial charge in [-0.2, -0.15) is 0 Å². The number of rotatable bonds is 4. The summed E-state index contributed by atoms with van der Waals surface area (Å²) in [6.07, 6.45) is 3.32. The van der Waals surface area contributed by atoms with E-state index in [2.05, 4.69) is 15.3 Å². The molecule has 2 atom stereocenters. The average molecular weight is 299 g/mol. The maximum absolute atomic E-state index is 12.2. The number of carboxylic acids is 1. The van der Waals surface area contributed by atoms with E-state index in [1.807, 2.05) is 12.1 Å². The van der Waals surface area contributed by atoms with E-state index in [1.54, 1.807) is 38.5 Å². The molecule has 6 nitrogen and oxygen atoms in total. The molecule has 1 fully saturated rings. The van der Waals surface area contributed by atoms with Crippen LogP contribution in [0.1, 0.15) is 13.8 Å². The van der Waals surface area contributed by atoms with Crippen LogP contribution < -0.4 is 5.32 Å². The number of hydrogen-bond donors (Lipinski definition) is 3. The van der Waals surface area contributed by atoms with Crippen molar-refractivity contribution in [2.24, 2.45) is 17.3 Å². The Morgan fingerprint density at radius 2 is 1.91 bits per heavy atom. The van der Waals surface area contributed by atoms with Gasteiger partial charge in [0.05, 0.1) is 30.1 Å². The summed E-state index contributed by atoms with van der Waals surface area (Å²) in [5.41, 5.74) is 2.02. The van der Waals surface area contributed by atoms with E-state index in [1.165, 1.54) is 0 Å². The molecule has 3 rings (SSSR count). The van der Waals surface area contributed by atoms with Gasteiger partial charge in [-0.3, -0.25) is 9.59 Å². The van der Waals surface area contributed by atoms with Gasteiger partial charge in [-0.15, -0.1) is 0 Å². The number of nitrogens with zero attached hydrogens (tertiary/aromatic N) is 1. The van der Waals surface area contributed by atoms with E-state index < -0.39 is 23.2 Å². The summed E-state index contributed by atoms with van der Waals surface area (Å²) < 4.78 is 0. The molecule has 1 aliphatic carbocycles. The Labute approximate surface area is 127 Å². The minimum atomic E-state index is -0.917. The molecule has 3 N–H and O–H groups in total. The summed E-state index contributed by atoms with van der Waals surface area (Å²) >= 11 is 0. The van der Waals surface area contributed by atoms with Crippen molar-refractivity contribution in [3.63, 3.8) is 0 Å². The Kier molecular flexibility index (Phi) is 3.24. The van der Waals surface area contributed by atoms with Gasteiger partial charge >= 0.3 is 5.97 Å². The zero-order valence-corrected chi connectivity index (χ0v) is 12.3. The fourth-order valence-electron chi connectivity index (χ4n) is 2.95. The van der Waals surface area contributed by atoms with Crippen molar-refractivity contribution in [1.29, 1.82) is 0 Å². The van der Waals surface area contributed by atoms with E-state index in [4.69, 9.17) is 5.11 Å². The van der Waals surface area contributed by atoms with Gasteiger partial charge in [0.15, 0.2) is 0 Å². The van der Waals surface area contributed by atoms with Gasteiger partial charge in [-0.05, 0) is 23.1 Å². The standard InChI is InChI=1S/C16H17N3O3/c1-16(2)12(13(16)15(21)22)14(20)19-10-5-3-9(4-6-10)11-7-17-8-18-11/h3-8,12-13H,1-2H3,(H,17,18)(H,19,20)(H,21,22)/t12-,13+/m1/s1. The highest BCUT2D eigenvalue weighted by molar-refractivity contribution is 5.99. The summed E-state index contributed by atoms with van der Waals surface area (Å²) in [5, 5.41) is 11.9. The number of carbonyl (C=O) groups excluding carboxylic acids is 1. The second kappa shape index (κ2) is 4.98. The minimum absolute atomic E-state index is 0.244. The minimum Gasteiger partial charge on any atom is -0.481 e. The molecular weight excluding hydrogens is 282 g/mol. The van der Waals surface area contributed by atoms with Gasteiger partial charge in [0.1, 0.15) is 0 Å². The lowest BCUT2D eigenvalue weighted by Gasteiger charge is -2.07. The van der Waals surface area contributed by atoms with Crippen molar-refractivity contribution in [2.75, 3.05) is 5.32 Å². The summed E-state index contributed by atoms with van der Waals surface area (Å²) in [4.78, 5) is 30.3. The number of hydrogen-bond acceptors (Lipinski definition) is 3. The van der Waals surface area contributed by atoms with E-state index in [0.29, 0.717) is 5.69 Å². The summed E-state index contributed by atoms with van der Waals surface area (Å²) in [6, 6.07) is 7.32.